The summed E-state index contributed by atoms with van der Waals surface area (Å²) in [5.41, 5.74) is 1.85. The average molecular weight is 353 g/mol. The van der Waals surface area contributed by atoms with Gasteiger partial charge in [-0.15, -0.1) is 0 Å². The highest BCUT2D eigenvalue weighted by atomic mass is 79.9. The Morgan fingerprint density at radius 2 is 1.79 bits per heavy atom. The van der Waals surface area contributed by atoms with Crippen molar-refractivity contribution in [2.75, 3.05) is 0 Å². The van der Waals surface area contributed by atoms with Gasteiger partial charge in [0.25, 0.3) is 11.0 Å². The van der Waals surface area contributed by atoms with Gasteiger partial charge in [-0.05, 0) is 37.1 Å². The zero-order chi connectivity index (χ0) is 14.2. The van der Waals surface area contributed by atoms with Crippen LogP contribution in [0.2, 0.25) is 0 Å². The van der Waals surface area contributed by atoms with Gasteiger partial charge >= 0.3 is 6.18 Å². The first-order chi connectivity index (χ1) is 8.77. The van der Waals surface area contributed by atoms with Crippen LogP contribution in [0.5, 0.6) is 10.9 Å². The van der Waals surface area contributed by atoms with Crippen molar-refractivity contribution < 1.29 is 17.9 Å². The number of ether oxygens (including phenoxy) is 1. The Balaban J connectivity index is 2.25. The lowest BCUT2D eigenvalue weighted by molar-refractivity contribution is -0.144. The molecule has 0 saturated carbocycles. The minimum absolute atomic E-state index is 0.131. The fourth-order valence-corrected chi connectivity index (χ4v) is 2.23. The molecule has 8 heteroatoms. The molecular formula is C11H8BrF3N2OS. The summed E-state index contributed by atoms with van der Waals surface area (Å²) in [5, 5.41) is -0.131. The molecule has 0 aliphatic rings. The molecule has 0 radical (unpaired) electrons. The normalized spacial score (nSPS) is 11.7. The van der Waals surface area contributed by atoms with Gasteiger partial charge in [0.2, 0.25) is 0 Å². The lowest BCUT2D eigenvalue weighted by atomic mass is 10.1. The van der Waals surface area contributed by atoms with Crippen LogP contribution >= 0.6 is 27.5 Å². The zero-order valence-electron chi connectivity index (χ0n) is 9.88. The molecule has 0 spiro atoms. The van der Waals surface area contributed by atoms with Crippen LogP contribution in [-0.4, -0.2) is 9.36 Å². The van der Waals surface area contributed by atoms with E-state index in [1.54, 1.807) is 12.1 Å². The molecule has 102 valence electrons. The van der Waals surface area contributed by atoms with Crippen molar-refractivity contribution in [2.24, 2.45) is 0 Å². The van der Waals surface area contributed by atoms with Crippen LogP contribution in [0.1, 0.15) is 17.0 Å². The highest BCUT2D eigenvalue weighted by molar-refractivity contribution is 9.10. The Labute approximate surface area is 119 Å². The first-order valence-electron chi connectivity index (χ1n) is 5.13. The van der Waals surface area contributed by atoms with Crippen LogP contribution < -0.4 is 4.74 Å². The second kappa shape index (κ2) is 5.09. The lowest BCUT2D eigenvalue weighted by Crippen LogP contribution is -2.06. The molecule has 0 atom stereocenters. The van der Waals surface area contributed by atoms with Crippen molar-refractivity contribution in [1.29, 1.82) is 0 Å². The Bertz CT molecular complexity index is 589. The van der Waals surface area contributed by atoms with E-state index in [2.05, 4.69) is 25.3 Å². The topological polar surface area (TPSA) is 35.0 Å². The van der Waals surface area contributed by atoms with Crippen LogP contribution in [0.25, 0.3) is 0 Å². The van der Waals surface area contributed by atoms with E-state index < -0.39 is 12.0 Å². The van der Waals surface area contributed by atoms with Gasteiger partial charge in [-0.2, -0.15) is 22.5 Å². The van der Waals surface area contributed by atoms with Gasteiger partial charge in [0.15, 0.2) is 0 Å². The van der Waals surface area contributed by atoms with Gasteiger partial charge in [0, 0.05) is 16.0 Å². The predicted molar refractivity (Wildman–Crippen MR) is 68.6 cm³/mol. The molecule has 0 aliphatic heterocycles. The molecule has 0 saturated heterocycles. The number of alkyl halides is 3. The van der Waals surface area contributed by atoms with Gasteiger partial charge in [-0.25, -0.2) is 0 Å². The molecule has 3 nitrogen and oxygen atoms in total. The number of hydrogen-bond acceptors (Lipinski definition) is 4. The van der Waals surface area contributed by atoms with Gasteiger partial charge in [0.05, 0.1) is 0 Å². The lowest BCUT2D eigenvalue weighted by Gasteiger charge is -2.07. The van der Waals surface area contributed by atoms with Crippen molar-refractivity contribution in [3.05, 3.63) is 33.6 Å². The summed E-state index contributed by atoms with van der Waals surface area (Å²) >= 11 is 3.97. The van der Waals surface area contributed by atoms with E-state index in [-0.39, 0.29) is 5.19 Å². The number of halogens is 4. The highest BCUT2D eigenvalue weighted by Gasteiger charge is 2.36. The fourth-order valence-electron chi connectivity index (χ4n) is 1.43. The summed E-state index contributed by atoms with van der Waals surface area (Å²) < 4.78 is 46.5. The number of aromatic nitrogens is 2. The summed E-state index contributed by atoms with van der Waals surface area (Å²) in [7, 11) is 0. The summed E-state index contributed by atoms with van der Waals surface area (Å²) in [6.45, 7) is 3.73. The van der Waals surface area contributed by atoms with E-state index in [0.717, 1.165) is 15.6 Å². The zero-order valence-corrected chi connectivity index (χ0v) is 12.3. The predicted octanol–water partition coefficient (Wildman–Crippen LogP) is 4.73. The fraction of sp³-hybridized carbons (Fsp3) is 0.273. The van der Waals surface area contributed by atoms with Gasteiger partial charge in [0.1, 0.15) is 5.75 Å². The first kappa shape index (κ1) is 14.3. The number of rotatable bonds is 2. The van der Waals surface area contributed by atoms with Crippen LogP contribution in [0.4, 0.5) is 13.2 Å². The molecule has 0 aliphatic carbocycles. The summed E-state index contributed by atoms with van der Waals surface area (Å²) in [6, 6.07) is 3.43. The van der Waals surface area contributed by atoms with E-state index in [4.69, 9.17) is 4.74 Å². The van der Waals surface area contributed by atoms with E-state index in [0.29, 0.717) is 17.3 Å². The minimum atomic E-state index is -4.55. The third kappa shape index (κ3) is 3.24. The van der Waals surface area contributed by atoms with E-state index in [1.165, 1.54) is 0 Å². The van der Waals surface area contributed by atoms with Crippen LogP contribution in [0.3, 0.4) is 0 Å². The summed E-state index contributed by atoms with van der Waals surface area (Å²) in [6.07, 6.45) is -4.55. The van der Waals surface area contributed by atoms with Crippen molar-refractivity contribution in [3.8, 4) is 10.9 Å². The van der Waals surface area contributed by atoms with Crippen molar-refractivity contribution in [2.45, 2.75) is 20.0 Å². The Hall–Kier alpha value is -1.15. The average Bonchev–Trinajstić information content (AvgIpc) is 2.74. The maximum atomic E-state index is 12.3. The largest absolute Gasteiger partial charge is 0.452 e. The molecule has 0 N–H and O–H groups in total. The maximum Gasteiger partial charge on any atom is 0.452 e. The molecule has 1 aromatic carbocycles. The second-order valence-electron chi connectivity index (χ2n) is 3.85. The van der Waals surface area contributed by atoms with Crippen molar-refractivity contribution in [3.63, 3.8) is 0 Å². The molecule has 1 heterocycles. The van der Waals surface area contributed by atoms with E-state index in [9.17, 15) is 13.2 Å². The first-order valence-corrected chi connectivity index (χ1v) is 6.69. The smallest absolute Gasteiger partial charge is 0.430 e. The van der Waals surface area contributed by atoms with E-state index >= 15 is 0 Å². The second-order valence-corrected chi connectivity index (χ2v) is 5.36. The van der Waals surface area contributed by atoms with E-state index in [1.807, 2.05) is 13.8 Å². The number of hydrogen-bond donors (Lipinski definition) is 0. The Morgan fingerprint density at radius 1 is 1.21 bits per heavy atom. The number of nitrogens with zero attached hydrogens (tertiary/aromatic N) is 2. The summed E-state index contributed by atoms with van der Waals surface area (Å²) in [5.74, 6) is -0.749. The molecule has 2 aromatic rings. The van der Waals surface area contributed by atoms with Crippen LogP contribution in [0.15, 0.2) is 16.6 Å². The molecule has 0 unspecified atom stereocenters. The standard InChI is InChI=1S/C11H8BrF3N2OS/c1-5-3-7(4-6(2)8(5)12)18-10-16-9(17-19-10)11(13,14)15/h3-4H,1-2H3. The highest BCUT2D eigenvalue weighted by Crippen LogP contribution is 2.33. The summed E-state index contributed by atoms with van der Waals surface area (Å²) in [4.78, 5) is 3.31. The number of benzene rings is 1. The molecule has 19 heavy (non-hydrogen) atoms. The maximum absolute atomic E-state index is 12.3. The van der Waals surface area contributed by atoms with Gasteiger partial charge < -0.3 is 4.74 Å². The quantitative estimate of drug-likeness (QED) is 0.783. The number of aryl methyl sites for hydroxylation is 2. The Kier molecular flexibility index (Phi) is 3.82. The molecule has 0 fully saturated rings. The van der Waals surface area contributed by atoms with Gasteiger partial charge in [-0.3, -0.25) is 0 Å². The van der Waals surface area contributed by atoms with Gasteiger partial charge in [-0.1, -0.05) is 15.9 Å². The SMILES string of the molecule is Cc1cc(Oc2nc(C(F)(F)F)ns2)cc(C)c1Br. The van der Waals surface area contributed by atoms with Crippen LogP contribution in [-0.2, 0) is 6.18 Å². The van der Waals surface area contributed by atoms with Crippen molar-refractivity contribution in [1.82, 2.24) is 9.36 Å². The molecule has 1 aromatic heterocycles. The van der Waals surface area contributed by atoms with Crippen molar-refractivity contribution >= 4 is 27.5 Å². The molecular weight excluding hydrogens is 345 g/mol. The monoisotopic (exact) mass is 352 g/mol. The molecule has 2 rings (SSSR count). The molecule has 0 amide bonds. The minimum Gasteiger partial charge on any atom is -0.430 e. The third-order valence-electron chi connectivity index (χ3n) is 2.28. The Morgan fingerprint density at radius 3 is 2.26 bits per heavy atom. The molecule has 0 bridgehead atoms. The van der Waals surface area contributed by atoms with Crippen LogP contribution in [0, 0.1) is 13.8 Å². The third-order valence-corrected chi connectivity index (χ3v) is 4.12.